The summed E-state index contributed by atoms with van der Waals surface area (Å²) in [5.74, 6) is 3.05. The van der Waals surface area contributed by atoms with Crippen molar-refractivity contribution >= 4 is 11.3 Å². The van der Waals surface area contributed by atoms with Crippen LogP contribution in [-0.2, 0) is 0 Å². The molecular formula is C8H9NS. The molecule has 0 aliphatic rings. The molecule has 0 fully saturated rings. The van der Waals surface area contributed by atoms with Crippen LogP contribution in [0.15, 0.2) is 6.20 Å². The topological polar surface area (TPSA) is 12.9 Å². The van der Waals surface area contributed by atoms with Gasteiger partial charge in [0, 0.05) is 5.92 Å². The van der Waals surface area contributed by atoms with Gasteiger partial charge < -0.3 is 0 Å². The maximum Gasteiger partial charge on any atom is 0.0967 e. The molecule has 2 heteroatoms. The highest BCUT2D eigenvalue weighted by Gasteiger charge is 2.02. The van der Waals surface area contributed by atoms with E-state index in [1.807, 2.05) is 0 Å². The van der Waals surface area contributed by atoms with Crippen molar-refractivity contribution in [1.82, 2.24) is 4.98 Å². The van der Waals surface area contributed by atoms with Gasteiger partial charge in [-0.1, -0.05) is 19.8 Å². The van der Waals surface area contributed by atoms with Gasteiger partial charge in [0.05, 0.1) is 16.1 Å². The minimum Gasteiger partial charge on any atom is -0.248 e. The van der Waals surface area contributed by atoms with Crippen LogP contribution in [-0.4, -0.2) is 4.98 Å². The van der Waals surface area contributed by atoms with Crippen LogP contribution in [0.1, 0.15) is 29.7 Å². The summed E-state index contributed by atoms with van der Waals surface area (Å²) in [6, 6.07) is 0. The summed E-state index contributed by atoms with van der Waals surface area (Å²) in [5.41, 5.74) is 0. The third kappa shape index (κ3) is 1.37. The van der Waals surface area contributed by atoms with Gasteiger partial charge in [-0.25, -0.2) is 4.98 Å². The number of rotatable bonds is 1. The van der Waals surface area contributed by atoms with E-state index in [0.29, 0.717) is 5.92 Å². The Morgan fingerprint density at radius 2 is 2.40 bits per heavy atom. The van der Waals surface area contributed by atoms with E-state index < -0.39 is 0 Å². The van der Waals surface area contributed by atoms with E-state index in [1.165, 1.54) is 0 Å². The van der Waals surface area contributed by atoms with Crippen molar-refractivity contribution in [3.8, 4) is 12.3 Å². The summed E-state index contributed by atoms with van der Waals surface area (Å²) in [4.78, 5) is 5.08. The van der Waals surface area contributed by atoms with E-state index in [-0.39, 0.29) is 0 Å². The number of hydrogen-bond acceptors (Lipinski definition) is 2. The second-order valence-corrected chi connectivity index (χ2v) is 3.42. The molecule has 0 bridgehead atoms. The summed E-state index contributed by atoms with van der Waals surface area (Å²) in [6.07, 6.45) is 6.93. The first-order valence-corrected chi connectivity index (χ1v) is 3.98. The second kappa shape index (κ2) is 2.85. The third-order valence-corrected chi connectivity index (χ3v) is 2.39. The SMILES string of the molecule is C#Cc1cnc(C(C)C)s1. The molecule has 0 radical (unpaired) electrons. The maximum absolute atomic E-state index is 5.18. The molecule has 0 N–H and O–H groups in total. The van der Waals surface area contributed by atoms with Gasteiger partial charge in [-0.05, 0) is 0 Å². The molecular weight excluding hydrogens is 142 g/mol. The molecule has 0 spiro atoms. The lowest BCUT2D eigenvalue weighted by Crippen LogP contribution is -1.81. The number of aromatic nitrogens is 1. The zero-order valence-corrected chi connectivity index (χ0v) is 6.90. The van der Waals surface area contributed by atoms with Crippen LogP contribution in [0.5, 0.6) is 0 Å². The van der Waals surface area contributed by atoms with Crippen LogP contribution >= 0.6 is 11.3 Å². The zero-order chi connectivity index (χ0) is 7.56. The summed E-state index contributed by atoms with van der Waals surface area (Å²) in [5, 5.41) is 1.12. The van der Waals surface area contributed by atoms with Crippen LogP contribution in [0.25, 0.3) is 0 Å². The van der Waals surface area contributed by atoms with Crippen LogP contribution in [0, 0.1) is 12.3 Å². The first-order valence-electron chi connectivity index (χ1n) is 3.16. The predicted molar refractivity (Wildman–Crippen MR) is 44.1 cm³/mol. The Hall–Kier alpha value is -0.810. The molecule has 52 valence electrons. The lowest BCUT2D eigenvalue weighted by molar-refractivity contribution is 0.852. The summed E-state index contributed by atoms with van der Waals surface area (Å²) >= 11 is 1.59. The fourth-order valence-electron chi connectivity index (χ4n) is 0.621. The van der Waals surface area contributed by atoms with Crippen LogP contribution < -0.4 is 0 Å². The van der Waals surface area contributed by atoms with Crippen LogP contribution in [0.3, 0.4) is 0 Å². The van der Waals surface area contributed by atoms with Crippen molar-refractivity contribution in [3.63, 3.8) is 0 Å². The Morgan fingerprint density at radius 3 is 2.70 bits per heavy atom. The van der Waals surface area contributed by atoms with Gasteiger partial charge >= 0.3 is 0 Å². The molecule has 1 rings (SSSR count). The molecule has 0 aliphatic heterocycles. The standard InChI is InChI=1S/C8H9NS/c1-4-7-5-9-8(10-7)6(2)3/h1,5-6H,2-3H3. The highest BCUT2D eigenvalue weighted by Crippen LogP contribution is 2.19. The highest BCUT2D eigenvalue weighted by atomic mass is 32.1. The number of hydrogen-bond donors (Lipinski definition) is 0. The van der Waals surface area contributed by atoms with Crippen molar-refractivity contribution in [2.24, 2.45) is 0 Å². The third-order valence-electron chi connectivity index (χ3n) is 1.16. The first kappa shape index (κ1) is 7.30. The molecule has 0 saturated carbocycles. The first-order chi connectivity index (χ1) is 4.74. The van der Waals surface area contributed by atoms with Crippen LogP contribution in [0.4, 0.5) is 0 Å². The van der Waals surface area contributed by atoms with Gasteiger partial charge in [0.15, 0.2) is 0 Å². The summed E-state index contributed by atoms with van der Waals surface area (Å²) in [7, 11) is 0. The Bertz CT molecular complexity index is 254. The van der Waals surface area contributed by atoms with E-state index in [4.69, 9.17) is 6.42 Å². The Labute approximate surface area is 65.1 Å². The zero-order valence-electron chi connectivity index (χ0n) is 6.09. The van der Waals surface area contributed by atoms with E-state index in [0.717, 1.165) is 9.88 Å². The van der Waals surface area contributed by atoms with E-state index in [9.17, 15) is 0 Å². The minimum atomic E-state index is 0.493. The second-order valence-electron chi connectivity index (χ2n) is 2.36. The Morgan fingerprint density at radius 1 is 1.70 bits per heavy atom. The van der Waals surface area contributed by atoms with Crippen molar-refractivity contribution in [2.45, 2.75) is 19.8 Å². The van der Waals surface area contributed by atoms with Crippen molar-refractivity contribution in [1.29, 1.82) is 0 Å². The molecule has 0 aromatic carbocycles. The van der Waals surface area contributed by atoms with Gasteiger partial charge in [-0.15, -0.1) is 17.8 Å². The van der Waals surface area contributed by atoms with Crippen LogP contribution in [0.2, 0.25) is 0 Å². The van der Waals surface area contributed by atoms with Gasteiger partial charge in [0.2, 0.25) is 0 Å². The fourth-order valence-corrected chi connectivity index (χ4v) is 1.35. The number of nitrogens with zero attached hydrogens (tertiary/aromatic N) is 1. The predicted octanol–water partition coefficient (Wildman–Crippen LogP) is 2.25. The number of terminal acetylenes is 1. The molecule has 1 heterocycles. The lowest BCUT2D eigenvalue weighted by Gasteiger charge is -1.94. The largest absolute Gasteiger partial charge is 0.248 e. The Balaban J connectivity index is 2.91. The fraction of sp³-hybridized carbons (Fsp3) is 0.375. The highest BCUT2D eigenvalue weighted by molar-refractivity contribution is 7.12. The summed E-state index contributed by atoms with van der Waals surface area (Å²) in [6.45, 7) is 4.22. The monoisotopic (exact) mass is 151 g/mol. The van der Waals surface area contributed by atoms with E-state index in [2.05, 4.69) is 24.8 Å². The average molecular weight is 151 g/mol. The average Bonchev–Trinajstić information content (AvgIpc) is 2.34. The molecule has 0 aliphatic carbocycles. The van der Waals surface area contributed by atoms with Gasteiger partial charge in [0.1, 0.15) is 0 Å². The Kier molecular flexibility index (Phi) is 2.08. The van der Waals surface area contributed by atoms with Crippen molar-refractivity contribution in [3.05, 3.63) is 16.1 Å². The summed E-state index contributed by atoms with van der Waals surface area (Å²) < 4.78 is 0. The van der Waals surface area contributed by atoms with Crippen molar-refractivity contribution in [2.75, 3.05) is 0 Å². The molecule has 10 heavy (non-hydrogen) atoms. The van der Waals surface area contributed by atoms with Gasteiger partial charge in [-0.2, -0.15) is 0 Å². The molecule has 0 amide bonds. The molecule has 1 nitrogen and oxygen atoms in total. The molecule has 1 aromatic heterocycles. The van der Waals surface area contributed by atoms with Crippen molar-refractivity contribution < 1.29 is 0 Å². The molecule has 0 unspecified atom stereocenters. The molecule has 1 aromatic rings. The normalized spacial score (nSPS) is 9.80. The smallest absolute Gasteiger partial charge is 0.0967 e. The van der Waals surface area contributed by atoms with Gasteiger partial charge in [0.25, 0.3) is 0 Å². The maximum atomic E-state index is 5.18. The molecule has 0 atom stereocenters. The van der Waals surface area contributed by atoms with Gasteiger partial charge in [-0.3, -0.25) is 0 Å². The number of thiazole rings is 1. The molecule has 0 saturated heterocycles. The minimum absolute atomic E-state index is 0.493. The van der Waals surface area contributed by atoms with E-state index >= 15 is 0 Å². The van der Waals surface area contributed by atoms with E-state index in [1.54, 1.807) is 17.5 Å². The lowest BCUT2D eigenvalue weighted by atomic mass is 10.2. The quantitative estimate of drug-likeness (QED) is 0.561.